The van der Waals surface area contributed by atoms with Crippen molar-refractivity contribution in [1.82, 2.24) is 0 Å². The van der Waals surface area contributed by atoms with Gasteiger partial charge in [-0.3, -0.25) is 0 Å². The zero-order valence-corrected chi connectivity index (χ0v) is 16.5. The molecular weight excluding hydrogens is 351 g/mol. The Hall–Kier alpha value is 0.260. The Morgan fingerprint density at radius 2 is 1.30 bits per heavy atom. The highest BCUT2D eigenvalue weighted by atomic mass is 32.9. The monoisotopic (exact) mass is 382 g/mol. The van der Waals surface area contributed by atoms with Crippen LogP contribution < -0.4 is 0 Å². The van der Waals surface area contributed by atoms with Crippen molar-refractivity contribution in [2.45, 2.75) is 77.0 Å². The number of hydrogen-bond donors (Lipinski definition) is 1. The van der Waals surface area contributed by atoms with Crippen molar-refractivity contribution >= 4 is 41.5 Å². The maximum Gasteiger partial charge on any atom is 0.244 e. The van der Waals surface area contributed by atoms with Gasteiger partial charge in [-0.2, -0.15) is 0 Å². The molecule has 0 rings (SSSR count). The SMILES string of the molecule is O=CCCCCCCCOP(O)(=S)SCCCCCCCC=O. The Balaban J connectivity index is 3.38. The van der Waals surface area contributed by atoms with Gasteiger partial charge in [-0.1, -0.05) is 49.9 Å². The van der Waals surface area contributed by atoms with Crippen LogP contribution in [0.25, 0.3) is 0 Å². The molecule has 0 aromatic rings. The van der Waals surface area contributed by atoms with Gasteiger partial charge in [-0.25, -0.2) is 0 Å². The summed E-state index contributed by atoms with van der Waals surface area (Å²) in [5.74, 6) is 0.840. The highest BCUT2D eigenvalue weighted by Gasteiger charge is 2.13. The molecule has 0 heterocycles. The van der Waals surface area contributed by atoms with Crippen LogP contribution in [0.1, 0.15) is 77.0 Å². The van der Waals surface area contributed by atoms with Crippen LogP contribution in [0.2, 0.25) is 0 Å². The zero-order chi connectivity index (χ0) is 17.2. The lowest BCUT2D eigenvalue weighted by Gasteiger charge is -2.14. The van der Waals surface area contributed by atoms with Crippen molar-refractivity contribution in [2.24, 2.45) is 0 Å². The number of carbonyl (C=O) groups is 2. The highest BCUT2D eigenvalue weighted by Crippen LogP contribution is 2.56. The number of hydrogen-bond acceptors (Lipinski definition) is 5. The van der Waals surface area contributed by atoms with Crippen molar-refractivity contribution in [3.8, 4) is 0 Å². The molecule has 0 bridgehead atoms. The molecule has 0 saturated carbocycles. The first kappa shape index (κ1) is 23.3. The van der Waals surface area contributed by atoms with E-state index < -0.39 is 5.69 Å². The molecule has 0 saturated heterocycles. The standard InChI is InChI=1S/C16H31O4PS2/c17-13-9-5-1-3-7-11-15-20-21(19,22)23-16-12-8-4-2-6-10-14-18/h13-14H,1-12,15-16H2,(H,19,22). The molecular formula is C16H31O4PS2. The van der Waals surface area contributed by atoms with Crippen molar-refractivity contribution in [1.29, 1.82) is 0 Å². The summed E-state index contributed by atoms with van der Waals surface area (Å²) in [4.78, 5) is 30.4. The summed E-state index contributed by atoms with van der Waals surface area (Å²) >= 11 is 6.53. The van der Waals surface area contributed by atoms with E-state index in [4.69, 9.17) is 16.3 Å². The molecule has 1 N–H and O–H groups in total. The molecule has 1 atom stereocenters. The van der Waals surface area contributed by atoms with Crippen LogP contribution in [0.3, 0.4) is 0 Å². The molecule has 0 aliphatic carbocycles. The van der Waals surface area contributed by atoms with Crippen LogP contribution >= 0.6 is 17.1 Å². The van der Waals surface area contributed by atoms with Crippen molar-refractivity contribution in [2.75, 3.05) is 12.4 Å². The highest BCUT2D eigenvalue weighted by molar-refractivity contribution is 8.67. The zero-order valence-electron chi connectivity index (χ0n) is 14.0. The number of carbonyl (C=O) groups excluding carboxylic acids is 2. The van der Waals surface area contributed by atoms with Crippen LogP contribution in [0.4, 0.5) is 0 Å². The minimum atomic E-state index is -2.67. The lowest BCUT2D eigenvalue weighted by Crippen LogP contribution is -1.92. The normalized spacial score (nSPS) is 13.6. The van der Waals surface area contributed by atoms with Crippen LogP contribution in [0, 0.1) is 0 Å². The van der Waals surface area contributed by atoms with E-state index in [9.17, 15) is 14.5 Å². The van der Waals surface area contributed by atoms with Gasteiger partial charge in [0.05, 0.1) is 6.61 Å². The van der Waals surface area contributed by atoms with Gasteiger partial charge in [-0.15, -0.1) is 0 Å². The lowest BCUT2D eigenvalue weighted by molar-refractivity contribution is -0.108. The van der Waals surface area contributed by atoms with Gasteiger partial charge in [0.1, 0.15) is 12.6 Å². The van der Waals surface area contributed by atoms with Gasteiger partial charge in [0.2, 0.25) is 5.69 Å². The molecule has 0 radical (unpaired) electrons. The van der Waals surface area contributed by atoms with Crippen LogP contribution in [0.5, 0.6) is 0 Å². The average Bonchev–Trinajstić information content (AvgIpc) is 2.52. The van der Waals surface area contributed by atoms with Crippen molar-refractivity contribution < 1.29 is 19.0 Å². The van der Waals surface area contributed by atoms with Gasteiger partial charge >= 0.3 is 0 Å². The lowest BCUT2D eigenvalue weighted by atomic mass is 10.1. The van der Waals surface area contributed by atoms with Crippen molar-refractivity contribution in [3.05, 3.63) is 0 Å². The van der Waals surface area contributed by atoms with E-state index in [1.165, 1.54) is 11.4 Å². The first-order valence-corrected chi connectivity index (χ1v) is 12.9. The van der Waals surface area contributed by atoms with Gasteiger partial charge in [0, 0.05) is 18.6 Å². The molecule has 0 aromatic heterocycles. The van der Waals surface area contributed by atoms with E-state index in [1.54, 1.807) is 0 Å². The quantitative estimate of drug-likeness (QED) is 0.204. The smallest absolute Gasteiger partial charge is 0.244 e. The predicted molar refractivity (Wildman–Crippen MR) is 102 cm³/mol. The summed E-state index contributed by atoms with van der Waals surface area (Å²) in [6.07, 6.45) is 13.7. The van der Waals surface area contributed by atoms with Crippen molar-refractivity contribution in [3.63, 3.8) is 0 Å². The Bertz CT molecular complexity index is 312. The predicted octanol–water partition coefficient (Wildman–Crippen LogP) is 5.03. The molecule has 136 valence electrons. The van der Waals surface area contributed by atoms with E-state index in [2.05, 4.69) is 0 Å². The van der Waals surface area contributed by atoms with E-state index in [1.807, 2.05) is 0 Å². The Kier molecular flexibility index (Phi) is 17.3. The van der Waals surface area contributed by atoms with Gasteiger partial charge in [0.15, 0.2) is 0 Å². The van der Waals surface area contributed by atoms with Crippen LogP contribution in [0.15, 0.2) is 0 Å². The molecule has 1 unspecified atom stereocenters. The second-order valence-corrected chi connectivity index (χ2v) is 11.9. The topological polar surface area (TPSA) is 63.6 Å². The minimum Gasteiger partial charge on any atom is -0.337 e. The van der Waals surface area contributed by atoms with Gasteiger partial charge < -0.3 is 19.0 Å². The first-order valence-electron chi connectivity index (χ1n) is 8.61. The summed E-state index contributed by atoms with van der Waals surface area (Å²) in [6, 6.07) is 0. The van der Waals surface area contributed by atoms with E-state index >= 15 is 0 Å². The summed E-state index contributed by atoms with van der Waals surface area (Å²) < 4.78 is 5.47. The van der Waals surface area contributed by atoms with E-state index in [0.717, 1.165) is 82.5 Å². The molecule has 0 aromatic carbocycles. The van der Waals surface area contributed by atoms with Crippen LogP contribution in [-0.4, -0.2) is 29.8 Å². The Morgan fingerprint density at radius 1 is 0.826 bits per heavy atom. The average molecular weight is 383 g/mol. The maximum absolute atomic E-state index is 10.2. The summed E-state index contributed by atoms with van der Waals surface area (Å²) in [5.41, 5.74) is -2.67. The second-order valence-electron chi connectivity index (χ2n) is 5.58. The second kappa shape index (κ2) is 17.1. The minimum absolute atomic E-state index is 0.528. The third-order valence-corrected chi connectivity index (χ3v) is 7.86. The number of unbranched alkanes of at least 4 members (excludes halogenated alkanes) is 10. The fourth-order valence-corrected chi connectivity index (χ4v) is 5.54. The van der Waals surface area contributed by atoms with Crippen LogP contribution in [-0.2, 0) is 25.9 Å². The molecule has 0 aliphatic heterocycles. The van der Waals surface area contributed by atoms with Gasteiger partial charge in [0.25, 0.3) is 0 Å². The number of aldehydes is 2. The number of rotatable bonds is 18. The molecule has 0 spiro atoms. The molecule has 0 aliphatic rings. The molecule has 7 heteroatoms. The first-order chi connectivity index (χ1) is 11.1. The third-order valence-electron chi connectivity index (χ3n) is 3.44. The third kappa shape index (κ3) is 18.4. The molecule has 4 nitrogen and oxygen atoms in total. The largest absolute Gasteiger partial charge is 0.337 e. The fourth-order valence-electron chi connectivity index (χ4n) is 2.12. The molecule has 0 amide bonds. The summed E-state index contributed by atoms with van der Waals surface area (Å²) in [7, 11) is 0. The fraction of sp³-hybridized carbons (Fsp3) is 0.875. The molecule has 0 fully saturated rings. The van der Waals surface area contributed by atoms with E-state index in [0.29, 0.717) is 19.4 Å². The molecule has 23 heavy (non-hydrogen) atoms. The summed E-state index contributed by atoms with van der Waals surface area (Å²) in [5, 5.41) is 0. The Labute approximate surface area is 150 Å². The van der Waals surface area contributed by atoms with Gasteiger partial charge in [-0.05, 0) is 37.5 Å². The maximum atomic E-state index is 10.2. The Morgan fingerprint density at radius 3 is 1.87 bits per heavy atom. The summed E-state index contributed by atoms with van der Waals surface area (Å²) in [6.45, 7) is 0.528. The van der Waals surface area contributed by atoms with E-state index in [-0.39, 0.29) is 0 Å².